The number of ether oxygens (including phenoxy) is 1. The molecular formula is C24H30N6O. The molecule has 5 rings (SSSR count). The van der Waals surface area contributed by atoms with Gasteiger partial charge in [-0.15, -0.1) is 0 Å². The zero-order chi connectivity index (χ0) is 21.4. The first kappa shape index (κ1) is 20.0. The summed E-state index contributed by atoms with van der Waals surface area (Å²) in [7, 11) is 2.16. The number of hydrogen-bond acceptors (Lipinski definition) is 6. The summed E-state index contributed by atoms with van der Waals surface area (Å²) in [5, 5.41) is 8.13. The predicted octanol–water partition coefficient (Wildman–Crippen LogP) is 4.14. The van der Waals surface area contributed by atoms with Gasteiger partial charge < -0.3 is 15.0 Å². The molecule has 3 aromatic rings. The standard InChI is InChI=1S/C24H30N6O/c1-16-12-26-24(27-13-16)31-23-20(6-7-22-21(23)5-4-17(2)29(22)3)18-14-28-30(15-18)19-8-10-25-11-9-19/h6-7,12-15,17,19,25H,4-5,8-11H2,1-3H3. The molecule has 1 fully saturated rings. The Labute approximate surface area is 183 Å². The molecule has 7 heteroatoms. The minimum Gasteiger partial charge on any atom is -0.423 e. The molecule has 0 bridgehead atoms. The van der Waals surface area contributed by atoms with E-state index >= 15 is 0 Å². The van der Waals surface area contributed by atoms with Crippen molar-refractivity contribution < 1.29 is 4.74 Å². The summed E-state index contributed by atoms with van der Waals surface area (Å²) in [5.74, 6) is 0.852. The second kappa shape index (κ2) is 8.30. The maximum absolute atomic E-state index is 6.36. The van der Waals surface area contributed by atoms with E-state index in [1.165, 1.54) is 11.3 Å². The predicted molar refractivity (Wildman–Crippen MR) is 122 cm³/mol. The van der Waals surface area contributed by atoms with Crippen molar-refractivity contribution in [1.82, 2.24) is 25.1 Å². The van der Waals surface area contributed by atoms with Gasteiger partial charge in [-0.2, -0.15) is 5.10 Å². The number of aryl methyl sites for hydroxylation is 1. The van der Waals surface area contributed by atoms with Gasteiger partial charge in [0.15, 0.2) is 0 Å². The van der Waals surface area contributed by atoms with Crippen molar-refractivity contribution in [2.75, 3.05) is 25.0 Å². The lowest BCUT2D eigenvalue weighted by atomic mass is 9.93. The lowest BCUT2D eigenvalue weighted by Gasteiger charge is -2.35. The number of aromatic nitrogens is 4. The Balaban J connectivity index is 1.56. The van der Waals surface area contributed by atoms with Gasteiger partial charge in [0, 0.05) is 54.1 Å². The summed E-state index contributed by atoms with van der Waals surface area (Å²) < 4.78 is 8.48. The number of rotatable bonds is 4. The largest absolute Gasteiger partial charge is 0.423 e. The molecule has 0 radical (unpaired) electrons. The Morgan fingerprint density at radius 3 is 2.61 bits per heavy atom. The first-order chi connectivity index (χ1) is 15.1. The molecule has 0 spiro atoms. The SMILES string of the molecule is Cc1cnc(Oc2c(-c3cnn(C4CCNCC4)c3)ccc3c2CCC(C)N3C)nc1. The van der Waals surface area contributed by atoms with Gasteiger partial charge in [0.25, 0.3) is 0 Å². The lowest BCUT2D eigenvalue weighted by molar-refractivity contribution is 0.343. The highest BCUT2D eigenvalue weighted by molar-refractivity contribution is 5.77. The molecule has 2 aliphatic heterocycles. The molecule has 0 saturated carbocycles. The van der Waals surface area contributed by atoms with E-state index in [4.69, 9.17) is 9.84 Å². The smallest absolute Gasteiger partial charge is 0.321 e. The molecule has 1 N–H and O–H groups in total. The Kier molecular flexibility index (Phi) is 5.36. The molecule has 162 valence electrons. The van der Waals surface area contributed by atoms with Crippen LogP contribution >= 0.6 is 0 Å². The molecule has 1 saturated heterocycles. The molecule has 31 heavy (non-hydrogen) atoms. The summed E-state index contributed by atoms with van der Waals surface area (Å²) in [6.45, 7) is 6.33. The molecular weight excluding hydrogens is 388 g/mol. The minimum atomic E-state index is 0.382. The van der Waals surface area contributed by atoms with Crippen LogP contribution in [0.5, 0.6) is 11.8 Å². The van der Waals surface area contributed by atoms with E-state index < -0.39 is 0 Å². The Bertz CT molecular complexity index is 1050. The van der Waals surface area contributed by atoms with Crippen molar-refractivity contribution in [2.45, 2.75) is 51.6 Å². The summed E-state index contributed by atoms with van der Waals surface area (Å²) in [4.78, 5) is 11.1. The molecule has 1 atom stereocenters. The topological polar surface area (TPSA) is 68.1 Å². The third kappa shape index (κ3) is 3.90. The van der Waals surface area contributed by atoms with E-state index in [0.717, 1.165) is 61.2 Å². The van der Waals surface area contributed by atoms with Gasteiger partial charge in [0.2, 0.25) is 0 Å². The van der Waals surface area contributed by atoms with Crippen molar-refractivity contribution in [2.24, 2.45) is 0 Å². The van der Waals surface area contributed by atoms with Crippen LogP contribution in [0.4, 0.5) is 5.69 Å². The quantitative estimate of drug-likeness (QED) is 0.687. The summed E-state index contributed by atoms with van der Waals surface area (Å²) in [6.07, 6.45) is 12.0. The van der Waals surface area contributed by atoms with E-state index in [1.807, 2.05) is 13.1 Å². The van der Waals surface area contributed by atoms with E-state index in [1.54, 1.807) is 12.4 Å². The number of hydrogen-bond donors (Lipinski definition) is 1. The Morgan fingerprint density at radius 1 is 1.06 bits per heavy atom. The van der Waals surface area contributed by atoms with Crippen LogP contribution in [0.2, 0.25) is 0 Å². The molecule has 0 amide bonds. The van der Waals surface area contributed by atoms with Gasteiger partial charge in [0.05, 0.1) is 12.2 Å². The maximum atomic E-state index is 6.36. The van der Waals surface area contributed by atoms with E-state index in [2.05, 4.69) is 57.2 Å². The zero-order valence-electron chi connectivity index (χ0n) is 18.5. The molecule has 0 aliphatic carbocycles. The van der Waals surface area contributed by atoms with Crippen LogP contribution in [-0.2, 0) is 6.42 Å². The third-order valence-corrected chi connectivity index (χ3v) is 6.63. The Morgan fingerprint density at radius 2 is 1.84 bits per heavy atom. The lowest BCUT2D eigenvalue weighted by Crippen LogP contribution is -2.33. The molecule has 1 aromatic carbocycles. The van der Waals surface area contributed by atoms with Gasteiger partial charge in [0.1, 0.15) is 5.75 Å². The molecule has 2 aromatic heterocycles. The van der Waals surface area contributed by atoms with Gasteiger partial charge in [-0.05, 0) is 70.3 Å². The molecule has 1 unspecified atom stereocenters. The number of piperidine rings is 1. The maximum Gasteiger partial charge on any atom is 0.321 e. The van der Waals surface area contributed by atoms with Crippen LogP contribution < -0.4 is 15.0 Å². The molecule has 4 heterocycles. The number of benzene rings is 1. The van der Waals surface area contributed by atoms with E-state index in [0.29, 0.717) is 18.1 Å². The van der Waals surface area contributed by atoms with Gasteiger partial charge >= 0.3 is 6.01 Å². The average Bonchev–Trinajstić information content (AvgIpc) is 3.29. The second-order valence-electron chi connectivity index (χ2n) is 8.77. The number of anilines is 1. The summed E-state index contributed by atoms with van der Waals surface area (Å²) in [6, 6.07) is 5.70. The minimum absolute atomic E-state index is 0.382. The van der Waals surface area contributed by atoms with Gasteiger partial charge in [-0.1, -0.05) is 0 Å². The fraction of sp³-hybridized carbons (Fsp3) is 0.458. The van der Waals surface area contributed by atoms with Crippen LogP contribution in [0.3, 0.4) is 0 Å². The van der Waals surface area contributed by atoms with Crippen LogP contribution in [-0.4, -0.2) is 45.9 Å². The third-order valence-electron chi connectivity index (χ3n) is 6.63. The highest BCUT2D eigenvalue weighted by Gasteiger charge is 2.27. The van der Waals surface area contributed by atoms with Gasteiger partial charge in [-0.3, -0.25) is 4.68 Å². The Hall–Kier alpha value is -2.93. The zero-order valence-corrected chi connectivity index (χ0v) is 18.5. The van der Waals surface area contributed by atoms with Crippen molar-refractivity contribution in [1.29, 1.82) is 0 Å². The van der Waals surface area contributed by atoms with Crippen molar-refractivity contribution >= 4 is 5.69 Å². The van der Waals surface area contributed by atoms with Crippen LogP contribution in [0.1, 0.15) is 43.4 Å². The molecule has 2 aliphatic rings. The van der Waals surface area contributed by atoms with E-state index in [9.17, 15) is 0 Å². The van der Waals surface area contributed by atoms with Crippen LogP contribution in [0, 0.1) is 6.92 Å². The average molecular weight is 419 g/mol. The number of nitrogens with one attached hydrogen (secondary N) is 1. The van der Waals surface area contributed by atoms with Crippen molar-refractivity contribution in [3.8, 4) is 22.9 Å². The normalized spacial score (nSPS) is 19.3. The number of nitrogens with zero attached hydrogens (tertiary/aromatic N) is 5. The highest BCUT2D eigenvalue weighted by Crippen LogP contribution is 2.43. The summed E-state index contributed by atoms with van der Waals surface area (Å²) in [5.41, 5.74) is 5.57. The fourth-order valence-electron chi connectivity index (χ4n) is 4.59. The fourth-order valence-corrected chi connectivity index (χ4v) is 4.59. The number of fused-ring (bicyclic) bond motifs is 1. The summed E-state index contributed by atoms with van der Waals surface area (Å²) >= 11 is 0. The van der Waals surface area contributed by atoms with E-state index in [-0.39, 0.29) is 0 Å². The van der Waals surface area contributed by atoms with Gasteiger partial charge in [-0.25, -0.2) is 9.97 Å². The monoisotopic (exact) mass is 418 g/mol. The first-order valence-corrected chi connectivity index (χ1v) is 11.2. The molecule has 7 nitrogen and oxygen atoms in total. The second-order valence-corrected chi connectivity index (χ2v) is 8.77. The van der Waals surface area contributed by atoms with Crippen molar-refractivity contribution in [3.05, 3.63) is 48.0 Å². The van der Waals surface area contributed by atoms with Crippen molar-refractivity contribution in [3.63, 3.8) is 0 Å². The van der Waals surface area contributed by atoms with Crippen LogP contribution in [0.25, 0.3) is 11.1 Å². The first-order valence-electron chi connectivity index (χ1n) is 11.2. The highest BCUT2D eigenvalue weighted by atomic mass is 16.5. The van der Waals surface area contributed by atoms with Crippen LogP contribution in [0.15, 0.2) is 36.9 Å².